The van der Waals surface area contributed by atoms with E-state index in [-0.39, 0.29) is 25.4 Å². The number of rotatable bonds is 10. The third-order valence-corrected chi connectivity index (χ3v) is 7.93. The zero-order valence-corrected chi connectivity index (χ0v) is 21.5. The molecule has 0 saturated carbocycles. The molecule has 0 atom stereocenters. The molecule has 6 rings (SSSR count). The van der Waals surface area contributed by atoms with Crippen LogP contribution in [0.5, 0.6) is 23.0 Å². The Bertz CT molecular complexity index is 1290. The number of thiazole rings is 2. The molecule has 0 spiro atoms. The van der Waals surface area contributed by atoms with E-state index in [1.54, 1.807) is 0 Å². The topological polar surface area (TPSA) is 121 Å². The molecule has 10 nitrogen and oxygen atoms in total. The van der Waals surface area contributed by atoms with Crippen molar-refractivity contribution in [2.24, 2.45) is 0 Å². The summed E-state index contributed by atoms with van der Waals surface area (Å²) in [5, 5.41) is 6.92. The Labute approximate surface area is 219 Å². The Hall–Kier alpha value is -3.64. The summed E-state index contributed by atoms with van der Waals surface area (Å²) in [5.74, 6) is 2.68. The number of aromatic nitrogens is 2. The van der Waals surface area contributed by atoms with Crippen molar-refractivity contribution < 1.29 is 28.5 Å². The second kappa shape index (κ2) is 10.4. The van der Waals surface area contributed by atoms with E-state index in [4.69, 9.17) is 18.9 Å². The Morgan fingerprint density at radius 2 is 1.05 bits per heavy atom. The highest BCUT2D eigenvalue weighted by Crippen LogP contribution is 2.40. The lowest BCUT2D eigenvalue weighted by Gasteiger charge is -2.03. The van der Waals surface area contributed by atoms with Crippen LogP contribution in [0.4, 0.5) is 10.3 Å². The van der Waals surface area contributed by atoms with Crippen LogP contribution in [0.2, 0.25) is 0 Å². The minimum absolute atomic E-state index is 0.0438. The lowest BCUT2D eigenvalue weighted by atomic mass is 10.1. The first-order chi connectivity index (χ1) is 18.1. The number of fused-ring (bicyclic) bond motifs is 4. The summed E-state index contributed by atoms with van der Waals surface area (Å²) in [5.41, 5.74) is 1.56. The summed E-state index contributed by atoms with van der Waals surface area (Å²) in [6.45, 7) is 0.448. The molecule has 0 bridgehead atoms. The van der Waals surface area contributed by atoms with Gasteiger partial charge in [0, 0.05) is 37.1 Å². The van der Waals surface area contributed by atoms with Crippen LogP contribution in [0.3, 0.4) is 0 Å². The molecule has 4 heterocycles. The first kappa shape index (κ1) is 23.7. The average molecular weight is 541 g/mol. The summed E-state index contributed by atoms with van der Waals surface area (Å²) in [7, 11) is 0. The molecule has 2 aromatic carbocycles. The van der Waals surface area contributed by atoms with Crippen LogP contribution in [0.15, 0.2) is 24.3 Å². The molecule has 0 saturated heterocycles. The van der Waals surface area contributed by atoms with Crippen LogP contribution in [0.1, 0.15) is 44.9 Å². The smallest absolute Gasteiger partial charge is 0.231 e. The molecule has 4 aromatic rings. The largest absolute Gasteiger partial charge is 0.454 e. The number of carbonyl (C=O) groups excluding carboxylic acids is 2. The third kappa shape index (κ3) is 5.39. The number of carbonyl (C=O) groups is 2. The predicted octanol–water partition coefficient (Wildman–Crippen LogP) is 5.67. The number of unbranched alkanes of at least 4 members (excludes halogenated alkanes) is 4. The van der Waals surface area contributed by atoms with Gasteiger partial charge in [0.1, 0.15) is 0 Å². The molecular weight excluding hydrogens is 516 g/mol. The van der Waals surface area contributed by atoms with Gasteiger partial charge in [0.25, 0.3) is 0 Å². The number of anilines is 2. The number of amides is 2. The van der Waals surface area contributed by atoms with Crippen LogP contribution in [-0.2, 0) is 9.59 Å². The van der Waals surface area contributed by atoms with Gasteiger partial charge in [-0.1, -0.05) is 41.9 Å². The van der Waals surface area contributed by atoms with Crippen molar-refractivity contribution in [2.45, 2.75) is 44.9 Å². The molecule has 192 valence electrons. The predicted molar refractivity (Wildman–Crippen MR) is 141 cm³/mol. The van der Waals surface area contributed by atoms with Crippen molar-refractivity contribution in [2.75, 3.05) is 24.2 Å². The third-order valence-electron chi connectivity index (χ3n) is 6.07. The van der Waals surface area contributed by atoms with Crippen LogP contribution < -0.4 is 29.6 Å². The Balaban J connectivity index is 0.866. The highest BCUT2D eigenvalue weighted by molar-refractivity contribution is 7.22. The van der Waals surface area contributed by atoms with E-state index in [1.165, 1.54) is 22.7 Å². The van der Waals surface area contributed by atoms with Gasteiger partial charge >= 0.3 is 0 Å². The van der Waals surface area contributed by atoms with Gasteiger partial charge in [-0.05, 0) is 12.8 Å². The standard InChI is InChI=1S/C25H24N4O6S2/c30-22(28-24-26-14-8-16-18(34-12-32-16)10-20(14)36-24)6-4-2-1-3-5-7-23(31)29-25-27-15-9-17-19(35-13-33-17)11-21(15)37-25/h8-11H,1-7,12-13H2,(H,26,28,30)(H,27,29,31). The molecule has 2 amide bonds. The van der Waals surface area contributed by atoms with Gasteiger partial charge < -0.3 is 29.6 Å². The molecule has 0 fully saturated rings. The van der Waals surface area contributed by atoms with E-state index in [0.29, 0.717) is 46.1 Å². The van der Waals surface area contributed by atoms with Crippen molar-refractivity contribution in [3.05, 3.63) is 24.3 Å². The molecule has 0 unspecified atom stereocenters. The molecule has 37 heavy (non-hydrogen) atoms. The van der Waals surface area contributed by atoms with Gasteiger partial charge in [-0.25, -0.2) is 9.97 Å². The van der Waals surface area contributed by atoms with Crippen LogP contribution in [0, 0.1) is 0 Å². The molecule has 2 N–H and O–H groups in total. The average Bonchev–Trinajstić information content (AvgIpc) is 3.65. The van der Waals surface area contributed by atoms with Gasteiger partial charge in [0.15, 0.2) is 33.3 Å². The van der Waals surface area contributed by atoms with Gasteiger partial charge in [-0.2, -0.15) is 0 Å². The Kier molecular flexibility index (Phi) is 6.66. The molecule has 2 aromatic heterocycles. The highest BCUT2D eigenvalue weighted by atomic mass is 32.1. The number of hydrogen-bond donors (Lipinski definition) is 2. The monoisotopic (exact) mass is 540 g/mol. The molecule has 0 radical (unpaired) electrons. The fourth-order valence-corrected chi connectivity index (χ4v) is 5.99. The number of nitrogens with zero attached hydrogens (tertiary/aromatic N) is 2. The molecule has 12 heteroatoms. The number of benzene rings is 2. The maximum absolute atomic E-state index is 12.3. The van der Waals surface area contributed by atoms with Crippen LogP contribution in [-0.4, -0.2) is 35.4 Å². The summed E-state index contributed by atoms with van der Waals surface area (Å²) < 4.78 is 23.4. The lowest BCUT2D eigenvalue weighted by Crippen LogP contribution is -2.11. The minimum atomic E-state index is -0.0438. The summed E-state index contributed by atoms with van der Waals surface area (Å²) in [6, 6.07) is 7.44. The fraction of sp³-hybridized carbons (Fsp3) is 0.360. The van der Waals surface area contributed by atoms with E-state index in [1.807, 2.05) is 24.3 Å². The van der Waals surface area contributed by atoms with Crippen molar-refractivity contribution >= 4 is 65.2 Å². The second-order valence-electron chi connectivity index (χ2n) is 8.75. The maximum atomic E-state index is 12.3. The lowest BCUT2D eigenvalue weighted by molar-refractivity contribution is -0.117. The van der Waals surface area contributed by atoms with E-state index in [0.717, 1.165) is 52.5 Å². The number of hydrogen-bond acceptors (Lipinski definition) is 10. The van der Waals surface area contributed by atoms with Gasteiger partial charge in [-0.3, -0.25) is 9.59 Å². The minimum Gasteiger partial charge on any atom is -0.454 e. The normalized spacial score (nSPS) is 13.4. The van der Waals surface area contributed by atoms with Crippen molar-refractivity contribution in [1.82, 2.24) is 9.97 Å². The van der Waals surface area contributed by atoms with E-state index >= 15 is 0 Å². The first-order valence-electron chi connectivity index (χ1n) is 12.1. The number of nitrogens with one attached hydrogen (secondary N) is 2. The summed E-state index contributed by atoms with van der Waals surface area (Å²) in [4.78, 5) is 33.5. The second-order valence-corrected chi connectivity index (χ2v) is 10.8. The SMILES string of the molecule is O=C(CCCCCCCC(=O)Nc1nc2cc3c(cc2s1)OCO3)Nc1nc2cc3c(cc2s1)OCO3. The zero-order valence-electron chi connectivity index (χ0n) is 19.8. The van der Waals surface area contributed by atoms with Crippen molar-refractivity contribution in [1.29, 1.82) is 0 Å². The van der Waals surface area contributed by atoms with Gasteiger partial charge in [-0.15, -0.1) is 0 Å². The van der Waals surface area contributed by atoms with Crippen molar-refractivity contribution in [3.8, 4) is 23.0 Å². The van der Waals surface area contributed by atoms with Crippen LogP contribution >= 0.6 is 22.7 Å². The summed E-state index contributed by atoms with van der Waals surface area (Å²) in [6.07, 6.45) is 5.31. The first-order valence-corrected chi connectivity index (χ1v) is 13.7. The van der Waals surface area contributed by atoms with E-state index in [2.05, 4.69) is 20.6 Å². The van der Waals surface area contributed by atoms with E-state index in [9.17, 15) is 9.59 Å². The van der Waals surface area contributed by atoms with Crippen molar-refractivity contribution in [3.63, 3.8) is 0 Å². The molecule has 2 aliphatic rings. The highest BCUT2D eigenvalue weighted by Gasteiger charge is 2.18. The maximum Gasteiger partial charge on any atom is 0.231 e. The quantitative estimate of drug-likeness (QED) is 0.247. The fourth-order valence-electron chi connectivity index (χ4n) is 4.21. The van der Waals surface area contributed by atoms with Gasteiger partial charge in [0.05, 0.1) is 20.4 Å². The number of ether oxygens (including phenoxy) is 4. The van der Waals surface area contributed by atoms with E-state index < -0.39 is 0 Å². The van der Waals surface area contributed by atoms with Gasteiger partial charge in [0.2, 0.25) is 25.4 Å². The molecular formula is C25H24N4O6S2. The van der Waals surface area contributed by atoms with Crippen LogP contribution in [0.25, 0.3) is 20.4 Å². The summed E-state index contributed by atoms with van der Waals surface area (Å²) >= 11 is 2.84. The Morgan fingerprint density at radius 3 is 1.51 bits per heavy atom. The zero-order chi connectivity index (χ0) is 25.2. The Morgan fingerprint density at radius 1 is 0.649 bits per heavy atom. The molecule has 0 aliphatic carbocycles. The molecule has 2 aliphatic heterocycles.